The number of thiazole rings is 1. The van der Waals surface area contributed by atoms with Crippen LogP contribution in [0.1, 0.15) is 26.5 Å². The van der Waals surface area contributed by atoms with Gasteiger partial charge < -0.3 is 10.6 Å². The smallest absolute Gasteiger partial charge is 0.263 e. The SMILES string of the molecule is Cc1nc(NCc2ccccc2)sc1C(=O)NCc1cccnc1. The van der Waals surface area contributed by atoms with Crippen molar-refractivity contribution >= 4 is 22.4 Å². The number of amides is 1. The Morgan fingerprint density at radius 3 is 2.62 bits per heavy atom. The predicted molar refractivity (Wildman–Crippen MR) is 96.0 cm³/mol. The van der Waals surface area contributed by atoms with Gasteiger partial charge >= 0.3 is 0 Å². The first-order valence-corrected chi connectivity index (χ1v) is 8.46. The first-order valence-electron chi connectivity index (χ1n) is 7.64. The molecule has 6 heteroatoms. The van der Waals surface area contributed by atoms with Crippen molar-refractivity contribution in [2.24, 2.45) is 0 Å². The number of hydrogen-bond donors (Lipinski definition) is 2. The van der Waals surface area contributed by atoms with E-state index in [9.17, 15) is 4.79 Å². The van der Waals surface area contributed by atoms with Gasteiger partial charge in [-0.05, 0) is 24.1 Å². The third-order valence-corrected chi connectivity index (χ3v) is 4.58. The number of benzene rings is 1. The molecule has 0 bridgehead atoms. The zero-order valence-electron chi connectivity index (χ0n) is 13.3. The topological polar surface area (TPSA) is 66.9 Å². The van der Waals surface area contributed by atoms with Crippen LogP contribution in [0.4, 0.5) is 5.13 Å². The average Bonchev–Trinajstić information content (AvgIpc) is 3.00. The van der Waals surface area contributed by atoms with Crippen molar-refractivity contribution in [2.75, 3.05) is 5.32 Å². The molecule has 0 radical (unpaired) electrons. The number of hydrogen-bond acceptors (Lipinski definition) is 5. The molecule has 0 unspecified atom stereocenters. The molecule has 0 fully saturated rings. The molecule has 1 aromatic carbocycles. The van der Waals surface area contributed by atoms with E-state index in [1.807, 2.05) is 37.3 Å². The van der Waals surface area contributed by atoms with E-state index in [4.69, 9.17) is 0 Å². The van der Waals surface area contributed by atoms with Crippen molar-refractivity contribution in [1.29, 1.82) is 0 Å². The maximum Gasteiger partial charge on any atom is 0.263 e. The number of aryl methyl sites for hydroxylation is 1. The first-order chi connectivity index (χ1) is 11.7. The van der Waals surface area contributed by atoms with Crippen LogP contribution in [0.2, 0.25) is 0 Å². The van der Waals surface area contributed by atoms with E-state index >= 15 is 0 Å². The highest BCUT2D eigenvalue weighted by atomic mass is 32.1. The molecule has 24 heavy (non-hydrogen) atoms. The molecule has 0 atom stereocenters. The lowest BCUT2D eigenvalue weighted by Gasteiger charge is -2.03. The summed E-state index contributed by atoms with van der Waals surface area (Å²) in [5.74, 6) is -0.110. The van der Waals surface area contributed by atoms with Crippen molar-refractivity contribution in [2.45, 2.75) is 20.0 Å². The molecule has 0 aliphatic carbocycles. The van der Waals surface area contributed by atoms with Crippen LogP contribution in [-0.2, 0) is 13.1 Å². The van der Waals surface area contributed by atoms with Gasteiger partial charge in [-0.25, -0.2) is 4.98 Å². The molecule has 0 saturated heterocycles. The third-order valence-electron chi connectivity index (χ3n) is 3.47. The van der Waals surface area contributed by atoms with Gasteiger partial charge in [-0.3, -0.25) is 9.78 Å². The van der Waals surface area contributed by atoms with Crippen LogP contribution >= 0.6 is 11.3 Å². The highest BCUT2D eigenvalue weighted by Gasteiger charge is 2.15. The molecule has 0 aliphatic rings. The molecule has 1 amide bonds. The summed E-state index contributed by atoms with van der Waals surface area (Å²) < 4.78 is 0. The number of aromatic nitrogens is 2. The number of rotatable bonds is 6. The summed E-state index contributed by atoms with van der Waals surface area (Å²) in [6.45, 7) is 2.99. The second-order valence-electron chi connectivity index (χ2n) is 5.32. The molecule has 2 heterocycles. The summed E-state index contributed by atoms with van der Waals surface area (Å²) in [5.41, 5.74) is 2.88. The van der Waals surface area contributed by atoms with Gasteiger partial charge in [0.1, 0.15) is 4.88 Å². The summed E-state index contributed by atoms with van der Waals surface area (Å²) >= 11 is 1.37. The molecule has 0 saturated carbocycles. The van der Waals surface area contributed by atoms with Gasteiger partial charge in [-0.2, -0.15) is 0 Å². The molecule has 3 aromatic rings. The summed E-state index contributed by atoms with van der Waals surface area (Å²) in [6.07, 6.45) is 3.45. The molecule has 122 valence electrons. The maximum atomic E-state index is 12.3. The van der Waals surface area contributed by atoms with Crippen LogP contribution in [0, 0.1) is 6.92 Å². The zero-order chi connectivity index (χ0) is 16.8. The number of nitrogens with one attached hydrogen (secondary N) is 2. The van der Waals surface area contributed by atoms with Crippen LogP contribution in [0.15, 0.2) is 54.9 Å². The van der Waals surface area contributed by atoms with E-state index in [-0.39, 0.29) is 5.91 Å². The molecule has 5 nitrogen and oxygen atoms in total. The highest BCUT2D eigenvalue weighted by molar-refractivity contribution is 7.17. The molecule has 3 rings (SSSR count). The van der Waals surface area contributed by atoms with E-state index in [0.717, 1.165) is 16.4 Å². The monoisotopic (exact) mass is 338 g/mol. The Kier molecular flexibility index (Phi) is 5.18. The Morgan fingerprint density at radius 1 is 1.08 bits per heavy atom. The maximum absolute atomic E-state index is 12.3. The predicted octanol–water partition coefficient (Wildman–Crippen LogP) is 3.39. The standard InChI is InChI=1S/C18H18N4OS/c1-13-16(17(23)20-12-15-8-5-9-19-10-15)24-18(22-13)21-11-14-6-3-2-4-7-14/h2-10H,11-12H2,1H3,(H,20,23)(H,21,22). The Bertz CT molecular complexity index is 802. The van der Waals surface area contributed by atoms with Gasteiger partial charge in [0.05, 0.1) is 5.69 Å². The van der Waals surface area contributed by atoms with Gasteiger partial charge in [0.25, 0.3) is 5.91 Å². The fourth-order valence-corrected chi connectivity index (χ4v) is 3.10. The van der Waals surface area contributed by atoms with Crippen LogP contribution < -0.4 is 10.6 Å². The highest BCUT2D eigenvalue weighted by Crippen LogP contribution is 2.23. The van der Waals surface area contributed by atoms with Crippen molar-refractivity contribution in [3.8, 4) is 0 Å². The van der Waals surface area contributed by atoms with Gasteiger partial charge in [0.15, 0.2) is 5.13 Å². The third kappa shape index (κ3) is 4.17. The molecule has 0 aliphatic heterocycles. The van der Waals surface area contributed by atoms with Gasteiger partial charge in [-0.15, -0.1) is 0 Å². The van der Waals surface area contributed by atoms with E-state index in [0.29, 0.717) is 18.0 Å². The quantitative estimate of drug-likeness (QED) is 0.723. The largest absolute Gasteiger partial charge is 0.357 e. The van der Waals surface area contributed by atoms with Crippen molar-refractivity contribution < 1.29 is 4.79 Å². The summed E-state index contributed by atoms with van der Waals surface area (Å²) in [6, 6.07) is 13.9. The van der Waals surface area contributed by atoms with Gasteiger partial charge in [0.2, 0.25) is 0 Å². The zero-order valence-corrected chi connectivity index (χ0v) is 14.1. The summed E-state index contributed by atoms with van der Waals surface area (Å²) in [7, 11) is 0. The molecule has 2 N–H and O–H groups in total. The number of nitrogens with zero attached hydrogens (tertiary/aromatic N) is 2. The van der Waals surface area contributed by atoms with E-state index in [1.54, 1.807) is 12.4 Å². The fourth-order valence-electron chi connectivity index (χ4n) is 2.22. The van der Waals surface area contributed by atoms with Crippen LogP contribution in [0.25, 0.3) is 0 Å². The molecule has 0 spiro atoms. The average molecular weight is 338 g/mol. The van der Waals surface area contributed by atoms with E-state index in [2.05, 4.69) is 32.7 Å². The van der Waals surface area contributed by atoms with Gasteiger partial charge in [0, 0.05) is 25.5 Å². The fraction of sp³-hybridized carbons (Fsp3) is 0.167. The number of anilines is 1. The Morgan fingerprint density at radius 2 is 1.88 bits per heavy atom. The van der Waals surface area contributed by atoms with Crippen LogP contribution in [0.3, 0.4) is 0 Å². The van der Waals surface area contributed by atoms with Crippen molar-refractivity contribution in [3.05, 3.63) is 76.6 Å². The molecular weight excluding hydrogens is 320 g/mol. The van der Waals surface area contributed by atoms with Crippen molar-refractivity contribution in [3.63, 3.8) is 0 Å². The van der Waals surface area contributed by atoms with E-state index in [1.165, 1.54) is 16.9 Å². The van der Waals surface area contributed by atoms with Crippen LogP contribution in [0.5, 0.6) is 0 Å². The van der Waals surface area contributed by atoms with Crippen LogP contribution in [-0.4, -0.2) is 15.9 Å². The lowest BCUT2D eigenvalue weighted by molar-refractivity contribution is 0.0954. The lowest BCUT2D eigenvalue weighted by atomic mass is 10.2. The Hall–Kier alpha value is -2.73. The number of pyridine rings is 1. The first kappa shape index (κ1) is 16.1. The second kappa shape index (κ2) is 7.70. The second-order valence-corrected chi connectivity index (χ2v) is 6.32. The van der Waals surface area contributed by atoms with Gasteiger partial charge in [-0.1, -0.05) is 47.7 Å². The molecular formula is C18H18N4OS. The lowest BCUT2D eigenvalue weighted by Crippen LogP contribution is -2.22. The molecule has 2 aromatic heterocycles. The minimum absolute atomic E-state index is 0.110. The minimum atomic E-state index is -0.110. The van der Waals surface area contributed by atoms with E-state index < -0.39 is 0 Å². The summed E-state index contributed by atoms with van der Waals surface area (Å²) in [4.78, 5) is 21.4. The number of carbonyl (C=O) groups is 1. The Balaban J connectivity index is 1.59. The Labute approximate surface area is 144 Å². The van der Waals surface area contributed by atoms with Crippen molar-refractivity contribution in [1.82, 2.24) is 15.3 Å². The summed E-state index contributed by atoms with van der Waals surface area (Å²) in [5, 5.41) is 6.93. The normalized spacial score (nSPS) is 10.4. The minimum Gasteiger partial charge on any atom is -0.357 e. The number of carbonyl (C=O) groups excluding carboxylic acids is 1.